The Balaban J connectivity index is 1.52. The van der Waals surface area contributed by atoms with Gasteiger partial charge >= 0.3 is 0 Å². The lowest BCUT2D eigenvalue weighted by molar-refractivity contribution is 0.0939. The van der Waals surface area contributed by atoms with Gasteiger partial charge in [0, 0.05) is 23.3 Å². The summed E-state index contributed by atoms with van der Waals surface area (Å²) < 4.78 is 2.05. The zero-order valence-corrected chi connectivity index (χ0v) is 16.1. The van der Waals surface area contributed by atoms with E-state index in [1.165, 1.54) is 0 Å². The van der Waals surface area contributed by atoms with Crippen LogP contribution in [0.15, 0.2) is 73.2 Å². The molecule has 2 aromatic heterocycles. The van der Waals surface area contributed by atoms with E-state index in [2.05, 4.69) is 19.9 Å². The number of halogens is 1. The second kappa shape index (κ2) is 7.82. The van der Waals surface area contributed by atoms with Crippen LogP contribution in [-0.4, -0.2) is 20.4 Å². The molecule has 2 heterocycles. The van der Waals surface area contributed by atoms with Crippen LogP contribution in [0.1, 0.15) is 34.6 Å². The van der Waals surface area contributed by atoms with Gasteiger partial charge in [-0.1, -0.05) is 29.8 Å². The lowest BCUT2D eigenvalue weighted by atomic mass is 10.1. The van der Waals surface area contributed by atoms with Crippen molar-refractivity contribution >= 4 is 28.5 Å². The SMILES string of the molecule is C[C@@H](NC(=O)c1ccc2c(c1)ncn2Cc1ccc(Cl)cc1)c1ccccn1. The van der Waals surface area contributed by atoms with Gasteiger partial charge in [-0.15, -0.1) is 0 Å². The predicted molar refractivity (Wildman–Crippen MR) is 110 cm³/mol. The maximum Gasteiger partial charge on any atom is 0.251 e. The topological polar surface area (TPSA) is 59.8 Å². The number of carbonyl (C=O) groups is 1. The Kier molecular flexibility index (Phi) is 5.08. The number of amides is 1. The highest BCUT2D eigenvalue weighted by molar-refractivity contribution is 6.30. The van der Waals surface area contributed by atoms with Crippen molar-refractivity contribution in [3.05, 3.63) is 95.0 Å². The van der Waals surface area contributed by atoms with Crippen LogP contribution in [0.25, 0.3) is 11.0 Å². The summed E-state index contributed by atoms with van der Waals surface area (Å²) >= 11 is 5.95. The minimum atomic E-state index is -0.174. The van der Waals surface area contributed by atoms with Crippen LogP contribution >= 0.6 is 11.6 Å². The fraction of sp³-hybridized carbons (Fsp3) is 0.136. The van der Waals surface area contributed by atoms with Crippen LogP contribution in [0.5, 0.6) is 0 Å². The van der Waals surface area contributed by atoms with Gasteiger partial charge in [0.1, 0.15) is 0 Å². The number of carbonyl (C=O) groups excluding carboxylic acids is 1. The summed E-state index contributed by atoms with van der Waals surface area (Å²) in [5.41, 5.74) is 4.29. The molecule has 28 heavy (non-hydrogen) atoms. The van der Waals surface area contributed by atoms with Crippen LogP contribution in [0.2, 0.25) is 5.02 Å². The summed E-state index contributed by atoms with van der Waals surface area (Å²) in [4.78, 5) is 21.4. The zero-order chi connectivity index (χ0) is 19.5. The van der Waals surface area contributed by atoms with Crippen molar-refractivity contribution < 1.29 is 4.79 Å². The van der Waals surface area contributed by atoms with E-state index >= 15 is 0 Å². The third kappa shape index (κ3) is 3.89. The molecule has 1 atom stereocenters. The lowest BCUT2D eigenvalue weighted by Gasteiger charge is -2.13. The molecule has 0 bridgehead atoms. The van der Waals surface area contributed by atoms with Gasteiger partial charge in [0.15, 0.2) is 0 Å². The molecular weight excluding hydrogens is 372 g/mol. The molecule has 6 heteroatoms. The van der Waals surface area contributed by atoms with Crippen LogP contribution in [-0.2, 0) is 6.54 Å². The molecule has 0 unspecified atom stereocenters. The molecule has 140 valence electrons. The zero-order valence-electron chi connectivity index (χ0n) is 15.3. The standard InChI is InChI=1S/C22H19ClN4O/c1-15(19-4-2-3-11-24-19)26-22(28)17-7-10-21-20(12-17)25-14-27(21)13-16-5-8-18(23)9-6-16/h2-12,14-15H,13H2,1H3,(H,26,28)/t15-/m1/s1. The van der Waals surface area contributed by atoms with Gasteiger partial charge in [0.25, 0.3) is 5.91 Å². The lowest BCUT2D eigenvalue weighted by Crippen LogP contribution is -2.27. The number of nitrogens with zero attached hydrogens (tertiary/aromatic N) is 3. The average Bonchev–Trinajstić information content (AvgIpc) is 3.12. The van der Waals surface area contributed by atoms with Gasteiger partial charge in [0.2, 0.25) is 0 Å². The molecule has 0 saturated heterocycles. The number of rotatable bonds is 5. The van der Waals surface area contributed by atoms with Crippen LogP contribution < -0.4 is 5.32 Å². The molecule has 0 aliphatic carbocycles. The van der Waals surface area contributed by atoms with E-state index in [0.717, 1.165) is 27.3 Å². The van der Waals surface area contributed by atoms with E-state index in [-0.39, 0.29) is 11.9 Å². The Morgan fingerprint density at radius 2 is 1.93 bits per heavy atom. The van der Waals surface area contributed by atoms with E-state index in [4.69, 9.17) is 11.6 Å². The maximum absolute atomic E-state index is 12.6. The van der Waals surface area contributed by atoms with Crippen molar-refractivity contribution in [2.45, 2.75) is 19.5 Å². The van der Waals surface area contributed by atoms with E-state index in [1.54, 1.807) is 12.5 Å². The number of pyridine rings is 1. The van der Waals surface area contributed by atoms with E-state index in [9.17, 15) is 4.79 Å². The third-order valence-corrected chi connectivity index (χ3v) is 4.88. The maximum atomic E-state index is 12.6. The van der Waals surface area contributed by atoms with Crippen molar-refractivity contribution in [3.63, 3.8) is 0 Å². The molecule has 1 amide bonds. The first-order valence-electron chi connectivity index (χ1n) is 9.01. The average molecular weight is 391 g/mol. The van der Waals surface area contributed by atoms with Crippen molar-refractivity contribution in [1.82, 2.24) is 19.9 Å². The second-order valence-corrected chi connectivity index (χ2v) is 7.09. The van der Waals surface area contributed by atoms with Crippen molar-refractivity contribution in [1.29, 1.82) is 0 Å². The fourth-order valence-corrected chi connectivity index (χ4v) is 3.23. The predicted octanol–water partition coefficient (Wildman–Crippen LogP) is 4.62. The highest BCUT2D eigenvalue weighted by atomic mass is 35.5. The summed E-state index contributed by atoms with van der Waals surface area (Å²) in [7, 11) is 0. The van der Waals surface area contributed by atoms with Gasteiger partial charge in [-0.2, -0.15) is 0 Å². The monoisotopic (exact) mass is 390 g/mol. The smallest absolute Gasteiger partial charge is 0.251 e. The van der Waals surface area contributed by atoms with Gasteiger partial charge < -0.3 is 9.88 Å². The van der Waals surface area contributed by atoms with E-state index in [0.29, 0.717) is 12.1 Å². The first-order valence-corrected chi connectivity index (χ1v) is 9.39. The highest BCUT2D eigenvalue weighted by Gasteiger charge is 2.14. The summed E-state index contributed by atoms with van der Waals surface area (Å²) in [6.45, 7) is 2.61. The van der Waals surface area contributed by atoms with Crippen molar-refractivity contribution in [3.8, 4) is 0 Å². The van der Waals surface area contributed by atoms with Gasteiger partial charge in [-0.25, -0.2) is 4.98 Å². The Bertz CT molecular complexity index is 1110. The molecule has 4 rings (SSSR count). The molecule has 5 nitrogen and oxygen atoms in total. The Hall–Kier alpha value is -3.18. The molecule has 0 spiro atoms. The van der Waals surface area contributed by atoms with E-state index < -0.39 is 0 Å². The summed E-state index contributed by atoms with van der Waals surface area (Å²) in [5.74, 6) is -0.146. The molecule has 0 saturated carbocycles. The molecule has 0 aliphatic rings. The minimum Gasteiger partial charge on any atom is -0.344 e. The Labute approximate surface area is 168 Å². The number of fused-ring (bicyclic) bond motifs is 1. The number of hydrogen-bond acceptors (Lipinski definition) is 3. The van der Waals surface area contributed by atoms with E-state index in [1.807, 2.05) is 67.6 Å². The van der Waals surface area contributed by atoms with Gasteiger partial charge in [-0.3, -0.25) is 9.78 Å². The third-order valence-electron chi connectivity index (χ3n) is 4.63. The largest absolute Gasteiger partial charge is 0.344 e. The number of nitrogens with one attached hydrogen (secondary N) is 1. The summed E-state index contributed by atoms with van der Waals surface area (Å²) in [5, 5.41) is 3.70. The normalized spacial score (nSPS) is 12.1. The quantitative estimate of drug-likeness (QED) is 0.540. The first kappa shape index (κ1) is 18.2. The van der Waals surface area contributed by atoms with Gasteiger partial charge in [-0.05, 0) is 55.0 Å². The van der Waals surface area contributed by atoms with Crippen LogP contribution in [0.4, 0.5) is 0 Å². The summed E-state index contributed by atoms with van der Waals surface area (Å²) in [6, 6.07) is 18.8. The molecule has 2 aromatic carbocycles. The van der Waals surface area contributed by atoms with Crippen LogP contribution in [0.3, 0.4) is 0 Å². The Morgan fingerprint density at radius 1 is 1.11 bits per heavy atom. The molecule has 1 N–H and O–H groups in total. The number of benzene rings is 2. The molecule has 0 aliphatic heterocycles. The van der Waals surface area contributed by atoms with Crippen molar-refractivity contribution in [2.75, 3.05) is 0 Å². The summed E-state index contributed by atoms with van der Waals surface area (Å²) in [6.07, 6.45) is 3.51. The number of imidazole rings is 1. The number of aromatic nitrogens is 3. The fourth-order valence-electron chi connectivity index (χ4n) is 3.10. The second-order valence-electron chi connectivity index (χ2n) is 6.65. The minimum absolute atomic E-state index is 0.146. The number of hydrogen-bond donors (Lipinski definition) is 1. The van der Waals surface area contributed by atoms with Gasteiger partial charge in [0.05, 0.1) is 29.1 Å². The molecule has 0 fully saturated rings. The molecule has 4 aromatic rings. The molecular formula is C22H19ClN4O. The van der Waals surface area contributed by atoms with Crippen LogP contribution in [0, 0.1) is 0 Å². The molecule has 0 radical (unpaired) electrons. The highest BCUT2D eigenvalue weighted by Crippen LogP contribution is 2.18. The first-order chi connectivity index (χ1) is 13.6. The Morgan fingerprint density at radius 3 is 2.68 bits per heavy atom. The van der Waals surface area contributed by atoms with Crippen molar-refractivity contribution in [2.24, 2.45) is 0 Å².